The van der Waals surface area contributed by atoms with Crippen LogP contribution in [0.4, 0.5) is 5.82 Å². The Kier molecular flexibility index (Phi) is 4.36. The number of fused-ring (bicyclic) bond motifs is 1. The Morgan fingerprint density at radius 2 is 2.04 bits per heavy atom. The predicted octanol–water partition coefficient (Wildman–Crippen LogP) is 4.54. The van der Waals surface area contributed by atoms with Crippen molar-refractivity contribution in [3.63, 3.8) is 0 Å². The summed E-state index contributed by atoms with van der Waals surface area (Å²) >= 11 is 1.58. The SMILES string of the molecule is CC(C)c1ccc(-c2csc3ncnc(N4CCCC4C(=O)O)c23)cc1. The molecule has 1 aliphatic rings. The van der Waals surface area contributed by atoms with E-state index >= 15 is 0 Å². The van der Waals surface area contributed by atoms with Gasteiger partial charge < -0.3 is 10.0 Å². The maximum absolute atomic E-state index is 11.6. The number of hydrogen-bond donors (Lipinski definition) is 1. The summed E-state index contributed by atoms with van der Waals surface area (Å²) in [7, 11) is 0. The predicted molar refractivity (Wildman–Crippen MR) is 105 cm³/mol. The fourth-order valence-corrected chi connectivity index (χ4v) is 4.52. The summed E-state index contributed by atoms with van der Waals surface area (Å²) in [6, 6.07) is 8.06. The van der Waals surface area contributed by atoms with Crippen LogP contribution >= 0.6 is 11.3 Å². The molecule has 6 heteroatoms. The molecule has 1 unspecified atom stereocenters. The van der Waals surface area contributed by atoms with Crippen molar-refractivity contribution >= 4 is 33.3 Å². The lowest BCUT2D eigenvalue weighted by Gasteiger charge is -2.23. The molecule has 1 saturated heterocycles. The lowest BCUT2D eigenvalue weighted by molar-refractivity contribution is -0.138. The smallest absolute Gasteiger partial charge is 0.326 e. The van der Waals surface area contributed by atoms with Crippen LogP contribution in [0.5, 0.6) is 0 Å². The summed E-state index contributed by atoms with van der Waals surface area (Å²) < 4.78 is 0. The molecule has 0 amide bonds. The van der Waals surface area contributed by atoms with Gasteiger partial charge in [-0.3, -0.25) is 0 Å². The van der Waals surface area contributed by atoms with Gasteiger partial charge in [-0.05, 0) is 29.9 Å². The van der Waals surface area contributed by atoms with Crippen LogP contribution in [0.1, 0.15) is 38.2 Å². The van der Waals surface area contributed by atoms with Gasteiger partial charge in [-0.2, -0.15) is 0 Å². The number of hydrogen-bond acceptors (Lipinski definition) is 5. The van der Waals surface area contributed by atoms with Crippen molar-refractivity contribution in [2.45, 2.75) is 38.6 Å². The zero-order valence-electron chi connectivity index (χ0n) is 14.8. The van der Waals surface area contributed by atoms with Gasteiger partial charge in [0.05, 0.1) is 5.39 Å². The lowest BCUT2D eigenvalue weighted by atomic mass is 9.99. The third-order valence-electron chi connectivity index (χ3n) is 5.05. The Morgan fingerprint density at radius 3 is 2.73 bits per heavy atom. The Balaban J connectivity index is 1.83. The second-order valence-electron chi connectivity index (χ2n) is 6.99. The van der Waals surface area contributed by atoms with E-state index in [-0.39, 0.29) is 0 Å². The first-order chi connectivity index (χ1) is 12.6. The first kappa shape index (κ1) is 17.0. The molecule has 1 atom stereocenters. The third-order valence-corrected chi connectivity index (χ3v) is 5.93. The second kappa shape index (κ2) is 6.68. The van der Waals surface area contributed by atoms with Gasteiger partial charge in [-0.15, -0.1) is 11.3 Å². The number of anilines is 1. The van der Waals surface area contributed by atoms with Crippen molar-refractivity contribution in [2.24, 2.45) is 0 Å². The van der Waals surface area contributed by atoms with Crippen molar-refractivity contribution in [1.82, 2.24) is 9.97 Å². The lowest BCUT2D eigenvalue weighted by Crippen LogP contribution is -2.36. The van der Waals surface area contributed by atoms with Crippen LogP contribution < -0.4 is 4.90 Å². The van der Waals surface area contributed by atoms with Crippen molar-refractivity contribution in [3.05, 3.63) is 41.5 Å². The summed E-state index contributed by atoms with van der Waals surface area (Å²) in [5, 5.41) is 12.6. The molecule has 5 nitrogen and oxygen atoms in total. The van der Waals surface area contributed by atoms with Crippen LogP contribution in [-0.2, 0) is 4.79 Å². The Morgan fingerprint density at radius 1 is 1.27 bits per heavy atom. The highest BCUT2D eigenvalue weighted by Gasteiger charge is 2.33. The quantitative estimate of drug-likeness (QED) is 0.733. The number of rotatable bonds is 4. The molecule has 0 spiro atoms. The first-order valence-corrected chi connectivity index (χ1v) is 9.76. The maximum Gasteiger partial charge on any atom is 0.326 e. The monoisotopic (exact) mass is 367 g/mol. The van der Waals surface area contributed by atoms with Crippen molar-refractivity contribution < 1.29 is 9.90 Å². The number of benzene rings is 1. The van der Waals surface area contributed by atoms with Gasteiger partial charge in [0.25, 0.3) is 0 Å². The molecule has 0 saturated carbocycles. The van der Waals surface area contributed by atoms with E-state index in [4.69, 9.17) is 0 Å². The van der Waals surface area contributed by atoms with Crippen LogP contribution in [0.3, 0.4) is 0 Å². The highest BCUT2D eigenvalue weighted by molar-refractivity contribution is 7.17. The summed E-state index contributed by atoms with van der Waals surface area (Å²) in [4.78, 5) is 23.3. The van der Waals surface area contributed by atoms with Crippen LogP contribution in [0.25, 0.3) is 21.3 Å². The van der Waals surface area contributed by atoms with Crippen LogP contribution in [-0.4, -0.2) is 33.6 Å². The standard InChI is InChI=1S/C20H21N3O2S/c1-12(2)13-5-7-14(8-6-13)15-10-26-19-17(15)18(21-11-22-19)23-9-3-4-16(23)20(24)25/h5-8,10-12,16H,3-4,9H2,1-2H3,(H,24,25). The highest BCUT2D eigenvalue weighted by atomic mass is 32.1. The van der Waals surface area contributed by atoms with Crippen LogP contribution in [0.15, 0.2) is 36.0 Å². The normalized spacial score (nSPS) is 17.3. The number of carboxylic acids is 1. The zero-order valence-corrected chi connectivity index (χ0v) is 15.7. The van der Waals surface area contributed by atoms with E-state index in [1.807, 2.05) is 4.90 Å². The average molecular weight is 367 g/mol. The van der Waals surface area contributed by atoms with Gasteiger partial charge in [0.15, 0.2) is 0 Å². The molecule has 26 heavy (non-hydrogen) atoms. The number of carboxylic acid groups (broad SMARTS) is 1. The van der Waals surface area contributed by atoms with Crippen molar-refractivity contribution in [1.29, 1.82) is 0 Å². The van der Waals surface area contributed by atoms with Crippen LogP contribution in [0.2, 0.25) is 0 Å². The van der Waals surface area contributed by atoms with E-state index in [1.165, 1.54) is 11.9 Å². The molecule has 0 aliphatic carbocycles. The average Bonchev–Trinajstić information content (AvgIpc) is 3.28. The molecule has 0 radical (unpaired) electrons. The minimum absolute atomic E-state index is 0.489. The van der Waals surface area contributed by atoms with Crippen LogP contribution in [0, 0.1) is 0 Å². The Bertz CT molecular complexity index is 949. The number of aliphatic carboxylic acids is 1. The van der Waals surface area contributed by atoms with E-state index in [0.29, 0.717) is 18.9 Å². The molecule has 1 N–H and O–H groups in total. The van der Waals surface area contributed by atoms with Gasteiger partial charge in [0.1, 0.15) is 23.0 Å². The van der Waals surface area contributed by atoms with E-state index in [2.05, 4.69) is 53.5 Å². The minimum atomic E-state index is -0.785. The van der Waals surface area contributed by atoms with Gasteiger partial charge >= 0.3 is 5.97 Å². The molecule has 3 heterocycles. The molecular formula is C20H21N3O2S. The Labute approximate surface area is 156 Å². The molecule has 1 fully saturated rings. The molecule has 0 bridgehead atoms. The molecular weight excluding hydrogens is 346 g/mol. The van der Waals surface area contributed by atoms with Crippen molar-refractivity contribution in [3.8, 4) is 11.1 Å². The fraction of sp³-hybridized carbons (Fsp3) is 0.350. The molecule has 1 aliphatic heterocycles. The highest BCUT2D eigenvalue weighted by Crippen LogP contribution is 2.40. The summed E-state index contributed by atoms with van der Waals surface area (Å²) in [5.41, 5.74) is 3.49. The molecule has 134 valence electrons. The largest absolute Gasteiger partial charge is 0.480 e. The second-order valence-corrected chi connectivity index (χ2v) is 7.85. The summed E-state index contributed by atoms with van der Waals surface area (Å²) in [5.74, 6) is 0.444. The topological polar surface area (TPSA) is 66.3 Å². The minimum Gasteiger partial charge on any atom is -0.480 e. The van der Waals surface area contributed by atoms with E-state index in [9.17, 15) is 9.90 Å². The van der Waals surface area contributed by atoms with Gasteiger partial charge in [-0.25, -0.2) is 14.8 Å². The van der Waals surface area contributed by atoms with E-state index in [0.717, 1.165) is 33.6 Å². The Hall–Kier alpha value is -2.47. The zero-order chi connectivity index (χ0) is 18.3. The fourth-order valence-electron chi connectivity index (χ4n) is 3.61. The van der Waals surface area contributed by atoms with Crippen molar-refractivity contribution in [2.75, 3.05) is 11.4 Å². The van der Waals surface area contributed by atoms with Gasteiger partial charge in [-0.1, -0.05) is 38.1 Å². The number of nitrogens with zero attached hydrogens (tertiary/aromatic N) is 3. The van der Waals surface area contributed by atoms with Gasteiger partial charge in [0.2, 0.25) is 0 Å². The third kappa shape index (κ3) is 2.84. The number of carbonyl (C=O) groups is 1. The van der Waals surface area contributed by atoms with Gasteiger partial charge in [0, 0.05) is 17.5 Å². The first-order valence-electron chi connectivity index (χ1n) is 8.88. The molecule has 2 aromatic heterocycles. The summed E-state index contributed by atoms with van der Waals surface area (Å²) in [6.45, 7) is 5.07. The maximum atomic E-state index is 11.6. The summed E-state index contributed by atoms with van der Waals surface area (Å²) in [6.07, 6.45) is 3.06. The molecule has 1 aromatic carbocycles. The number of aromatic nitrogens is 2. The van der Waals surface area contributed by atoms with E-state index < -0.39 is 12.0 Å². The molecule has 4 rings (SSSR count). The van der Waals surface area contributed by atoms with E-state index in [1.54, 1.807) is 11.3 Å². The number of thiophene rings is 1. The molecule has 3 aromatic rings.